The predicted molar refractivity (Wildman–Crippen MR) is 144 cm³/mol. The van der Waals surface area contributed by atoms with E-state index in [-0.39, 0.29) is 12.0 Å². The molecule has 2 unspecified atom stereocenters. The normalized spacial score (nSPS) is 12.7. The number of fused-ring (bicyclic) bond motifs is 1. The molecule has 0 aliphatic heterocycles. The van der Waals surface area contributed by atoms with Crippen molar-refractivity contribution in [1.82, 2.24) is 25.6 Å². The van der Waals surface area contributed by atoms with Gasteiger partial charge in [0.15, 0.2) is 0 Å². The molecule has 0 aliphatic carbocycles. The van der Waals surface area contributed by atoms with Crippen molar-refractivity contribution in [2.24, 2.45) is 0 Å². The first kappa shape index (κ1) is 24.2. The Morgan fingerprint density at radius 1 is 0.919 bits per heavy atom. The number of aromatic amines is 1. The Kier molecular flexibility index (Phi) is 7.50. The van der Waals surface area contributed by atoms with Crippen molar-refractivity contribution in [3.05, 3.63) is 120 Å². The lowest BCUT2D eigenvalue weighted by atomic mass is 9.91. The average Bonchev–Trinajstić information content (AvgIpc) is 3.46. The van der Waals surface area contributed by atoms with Crippen molar-refractivity contribution in [2.75, 3.05) is 0 Å². The molecule has 186 valence electrons. The van der Waals surface area contributed by atoms with Gasteiger partial charge in [0.2, 0.25) is 0 Å². The largest absolute Gasteiger partial charge is 0.491 e. The third-order valence-corrected chi connectivity index (χ3v) is 6.25. The Labute approximate surface area is 216 Å². The summed E-state index contributed by atoms with van der Waals surface area (Å²) in [5, 5.41) is 15.1. The Morgan fingerprint density at radius 2 is 1.78 bits per heavy atom. The molecule has 2 heterocycles. The molecule has 1 N–H and O–H groups in total. The van der Waals surface area contributed by atoms with E-state index in [1.807, 2.05) is 61.5 Å². The predicted octanol–water partition coefficient (Wildman–Crippen LogP) is 6.04. The number of aromatic nitrogens is 5. The summed E-state index contributed by atoms with van der Waals surface area (Å²) in [6.45, 7) is 6.55. The lowest BCUT2D eigenvalue weighted by Crippen LogP contribution is -2.13. The Hall–Kier alpha value is -4.52. The van der Waals surface area contributed by atoms with Crippen LogP contribution in [0.5, 0.6) is 11.5 Å². The number of nitrogens with zero attached hydrogens (tertiary/aromatic N) is 4. The second-order valence-electron chi connectivity index (χ2n) is 8.95. The summed E-state index contributed by atoms with van der Waals surface area (Å²) in [5.41, 5.74) is 4.12. The molecule has 7 nitrogen and oxygen atoms in total. The zero-order chi connectivity index (χ0) is 25.5. The lowest BCUT2D eigenvalue weighted by Gasteiger charge is -2.18. The van der Waals surface area contributed by atoms with Gasteiger partial charge in [-0.1, -0.05) is 54.6 Å². The molecule has 5 aromatic rings. The smallest absolute Gasteiger partial charge is 0.148 e. The molecular weight excluding hydrogens is 462 g/mol. The molecule has 0 bridgehead atoms. The van der Waals surface area contributed by atoms with Crippen molar-refractivity contribution in [3.8, 4) is 11.5 Å². The minimum atomic E-state index is 0.0241. The van der Waals surface area contributed by atoms with E-state index in [1.54, 1.807) is 0 Å². The van der Waals surface area contributed by atoms with Crippen LogP contribution in [0.25, 0.3) is 10.9 Å². The van der Waals surface area contributed by atoms with E-state index >= 15 is 0 Å². The van der Waals surface area contributed by atoms with Crippen molar-refractivity contribution in [2.45, 2.75) is 38.4 Å². The Balaban J connectivity index is 1.21. The highest BCUT2D eigenvalue weighted by Gasteiger charge is 2.13. The van der Waals surface area contributed by atoms with E-state index in [9.17, 15) is 0 Å². The van der Waals surface area contributed by atoms with E-state index in [2.05, 4.69) is 68.6 Å². The van der Waals surface area contributed by atoms with Crippen molar-refractivity contribution in [1.29, 1.82) is 0 Å². The zero-order valence-electron chi connectivity index (χ0n) is 20.7. The van der Waals surface area contributed by atoms with E-state index in [0.717, 1.165) is 57.9 Å². The fourth-order valence-corrected chi connectivity index (χ4v) is 4.28. The molecule has 5 rings (SSSR count). The highest BCUT2D eigenvalue weighted by Crippen LogP contribution is 2.30. The van der Waals surface area contributed by atoms with Crippen LogP contribution in [0.3, 0.4) is 0 Å². The maximum absolute atomic E-state index is 6.16. The van der Waals surface area contributed by atoms with Crippen LogP contribution in [-0.2, 0) is 13.0 Å². The van der Waals surface area contributed by atoms with Gasteiger partial charge in [-0.05, 0) is 71.3 Å². The zero-order valence-corrected chi connectivity index (χ0v) is 20.7. The van der Waals surface area contributed by atoms with Gasteiger partial charge in [-0.2, -0.15) is 0 Å². The van der Waals surface area contributed by atoms with Gasteiger partial charge in [-0.15, -0.1) is 11.7 Å². The molecule has 0 aliphatic rings. The van der Waals surface area contributed by atoms with Crippen LogP contribution in [0, 0.1) is 0 Å². The molecule has 0 spiro atoms. The SMILES string of the molecule is C=CC(c1ccc(OCc2ccc3ccccc3n2)cc1)c1cccc(OC(C)CCc2nnn[nH]2)c1. The molecule has 0 saturated carbocycles. The number of rotatable bonds is 11. The number of para-hydroxylation sites is 1. The first-order valence-corrected chi connectivity index (χ1v) is 12.4. The summed E-state index contributed by atoms with van der Waals surface area (Å²) in [6, 6.07) is 28.5. The van der Waals surface area contributed by atoms with E-state index < -0.39 is 0 Å². The third kappa shape index (κ3) is 6.19. The van der Waals surface area contributed by atoms with Crippen LogP contribution in [0.1, 0.15) is 41.9 Å². The quantitative estimate of drug-likeness (QED) is 0.227. The van der Waals surface area contributed by atoms with E-state index in [4.69, 9.17) is 9.47 Å². The van der Waals surface area contributed by atoms with Gasteiger partial charge in [0.1, 0.15) is 23.9 Å². The van der Waals surface area contributed by atoms with Crippen LogP contribution < -0.4 is 9.47 Å². The van der Waals surface area contributed by atoms with Gasteiger partial charge in [0.05, 0.1) is 17.3 Å². The van der Waals surface area contributed by atoms with Gasteiger partial charge in [-0.25, -0.2) is 10.1 Å². The number of allylic oxidation sites excluding steroid dienone is 1. The maximum Gasteiger partial charge on any atom is 0.148 e. The van der Waals surface area contributed by atoms with Crippen LogP contribution in [-0.4, -0.2) is 31.7 Å². The molecule has 2 atom stereocenters. The summed E-state index contributed by atoms with van der Waals surface area (Å²) in [4.78, 5) is 4.68. The Morgan fingerprint density at radius 3 is 2.59 bits per heavy atom. The van der Waals surface area contributed by atoms with Crippen molar-refractivity contribution in [3.63, 3.8) is 0 Å². The monoisotopic (exact) mass is 491 g/mol. The number of hydrogen-bond donors (Lipinski definition) is 1. The number of pyridine rings is 1. The van der Waals surface area contributed by atoms with Crippen LogP contribution in [0.4, 0.5) is 0 Å². The lowest BCUT2D eigenvalue weighted by molar-refractivity contribution is 0.210. The topological polar surface area (TPSA) is 85.8 Å². The molecule has 3 aromatic carbocycles. The number of nitrogens with one attached hydrogen (secondary N) is 1. The molecule has 0 radical (unpaired) electrons. The average molecular weight is 492 g/mol. The number of tetrazole rings is 1. The summed E-state index contributed by atoms with van der Waals surface area (Å²) >= 11 is 0. The standard InChI is InChI=1S/C30H29N5O2/c1-3-28(24-8-6-9-27(19-24)37-21(2)11-18-30-32-34-35-33-30)22-13-16-26(17-14-22)36-20-25-15-12-23-7-4-5-10-29(23)31-25/h3-10,12-17,19,21,28H,1,11,18,20H2,2H3,(H,32,33,34,35). The van der Waals surface area contributed by atoms with Gasteiger partial charge in [0.25, 0.3) is 0 Å². The van der Waals surface area contributed by atoms with Crippen LogP contribution >= 0.6 is 0 Å². The molecule has 0 saturated heterocycles. The molecule has 0 fully saturated rings. The van der Waals surface area contributed by atoms with E-state index in [1.165, 1.54) is 0 Å². The van der Waals surface area contributed by atoms with E-state index in [0.29, 0.717) is 6.61 Å². The van der Waals surface area contributed by atoms with Crippen LogP contribution in [0.2, 0.25) is 0 Å². The number of H-pyrrole nitrogens is 1. The summed E-state index contributed by atoms with van der Waals surface area (Å²) in [7, 11) is 0. The first-order valence-electron chi connectivity index (χ1n) is 12.4. The van der Waals surface area contributed by atoms with Crippen molar-refractivity contribution < 1.29 is 9.47 Å². The second-order valence-corrected chi connectivity index (χ2v) is 8.95. The number of hydrogen-bond acceptors (Lipinski definition) is 6. The maximum atomic E-state index is 6.16. The summed E-state index contributed by atoms with van der Waals surface area (Å²) < 4.78 is 12.2. The van der Waals surface area contributed by atoms with Gasteiger partial charge in [-0.3, -0.25) is 0 Å². The van der Waals surface area contributed by atoms with Crippen LogP contribution in [0.15, 0.2) is 97.6 Å². The Bertz CT molecular complexity index is 1450. The number of ether oxygens (including phenoxy) is 2. The second kappa shape index (κ2) is 11.5. The molecule has 0 amide bonds. The summed E-state index contributed by atoms with van der Waals surface area (Å²) in [6.07, 6.45) is 3.52. The molecule has 37 heavy (non-hydrogen) atoms. The molecule has 2 aromatic heterocycles. The highest BCUT2D eigenvalue weighted by atomic mass is 16.5. The number of benzene rings is 3. The van der Waals surface area contributed by atoms with Gasteiger partial charge >= 0.3 is 0 Å². The minimum absolute atomic E-state index is 0.0241. The first-order chi connectivity index (χ1) is 18.2. The molecule has 7 heteroatoms. The van der Waals surface area contributed by atoms with Crippen molar-refractivity contribution >= 4 is 10.9 Å². The van der Waals surface area contributed by atoms with Gasteiger partial charge < -0.3 is 9.47 Å². The highest BCUT2D eigenvalue weighted by molar-refractivity contribution is 5.78. The van der Waals surface area contributed by atoms with Gasteiger partial charge in [0, 0.05) is 17.7 Å². The number of aryl methyl sites for hydroxylation is 1. The fourth-order valence-electron chi connectivity index (χ4n) is 4.28. The molecular formula is C30H29N5O2. The third-order valence-electron chi connectivity index (χ3n) is 6.25. The minimum Gasteiger partial charge on any atom is -0.491 e. The fraction of sp³-hybridized carbons (Fsp3) is 0.200. The summed E-state index contributed by atoms with van der Waals surface area (Å²) in [5.74, 6) is 2.43.